The monoisotopic (exact) mass is 324 g/mol. The quantitative estimate of drug-likeness (QED) is 0.770. The average molecular weight is 324 g/mol. The van der Waals surface area contributed by atoms with E-state index in [1.165, 1.54) is 4.90 Å². The fourth-order valence-corrected chi connectivity index (χ4v) is 3.29. The Bertz CT molecular complexity index is 514. The van der Waals surface area contributed by atoms with Crippen molar-refractivity contribution in [3.63, 3.8) is 0 Å². The molecule has 1 aromatic carbocycles. The van der Waals surface area contributed by atoms with E-state index >= 15 is 0 Å². The minimum atomic E-state index is -0.462. The van der Waals surface area contributed by atoms with Gasteiger partial charge in [0.15, 0.2) is 11.5 Å². The second kappa shape index (κ2) is 7.49. The zero-order chi connectivity index (χ0) is 16.2. The lowest BCUT2D eigenvalue weighted by Crippen LogP contribution is -3.16. The predicted octanol–water partition coefficient (Wildman–Crippen LogP) is -0.0151. The van der Waals surface area contributed by atoms with Crippen molar-refractivity contribution in [1.82, 2.24) is 0 Å². The second-order valence-electron chi connectivity index (χ2n) is 6.48. The highest BCUT2D eigenvalue weighted by Crippen LogP contribution is 2.32. The summed E-state index contributed by atoms with van der Waals surface area (Å²) in [7, 11) is 0. The van der Waals surface area contributed by atoms with E-state index in [1.807, 2.05) is 18.2 Å². The van der Waals surface area contributed by atoms with E-state index in [4.69, 9.17) is 18.9 Å². The summed E-state index contributed by atoms with van der Waals surface area (Å²) in [6.07, 6.45) is 0.0301. The van der Waals surface area contributed by atoms with Crippen molar-refractivity contribution in [3.8, 4) is 11.5 Å². The molecule has 2 aliphatic rings. The summed E-state index contributed by atoms with van der Waals surface area (Å²) in [6, 6.07) is 5.76. The molecule has 0 spiro atoms. The summed E-state index contributed by atoms with van der Waals surface area (Å²) in [5.74, 6) is 1.53. The molecule has 0 unspecified atom stereocenters. The Morgan fingerprint density at radius 2 is 1.96 bits per heavy atom. The van der Waals surface area contributed by atoms with Gasteiger partial charge in [-0.05, 0) is 31.5 Å². The molecule has 6 nitrogen and oxygen atoms in total. The van der Waals surface area contributed by atoms with Crippen LogP contribution in [0.2, 0.25) is 0 Å². The van der Waals surface area contributed by atoms with E-state index in [2.05, 4.69) is 13.8 Å². The van der Waals surface area contributed by atoms with Crippen LogP contribution < -0.4 is 14.4 Å². The Morgan fingerprint density at radius 3 is 2.74 bits per heavy atom. The number of morpholine rings is 1. The van der Waals surface area contributed by atoms with Gasteiger partial charge < -0.3 is 29.0 Å². The number of quaternary nitrogens is 1. The van der Waals surface area contributed by atoms with Gasteiger partial charge >= 0.3 is 0 Å². The Morgan fingerprint density at radius 1 is 1.22 bits per heavy atom. The zero-order valence-electron chi connectivity index (χ0n) is 13.8. The maximum absolute atomic E-state index is 10.2. The highest BCUT2D eigenvalue weighted by atomic mass is 16.7. The van der Waals surface area contributed by atoms with Crippen molar-refractivity contribution >= 4 is 0 Å². The van der Waals surface area contributed by atoms with E-state index in [0.717, 1.165) is 30.2 Å². The van der Waals surface area contributed by atoms with Gasteiger partial charge in [-0.15, -0.1) is 0 Å². The molecule has 1 saturated heterocycles. The summed E-state index contributed by atoms with van der Waals surface area (Å²) < 4.78 is 22.0. The molecule has 23 heavy (non-hydrogen) atoms. The number of rotatable bonds is 6. The van der Waals surface area contributed by atoms with Gasteiger partial charge in [-0.3, -0.25) is 0 Å². The fraction of sp³-hybridized carbons (Fsp3) is 0.647. The second-order valence-corrected chi connectivity index (χ2v) is 6.48. The van der Waals surface area contributed by atoms with E-state index in [0.29, 0.717) is 19.8 Å². The molecule has 0 amide bonds. The van der Waals surface area contributed by atoms with Gasteiger partial charge in [0.2, 0.25) is 6.79 Å². The van der Waals surface area contributed by atoms with Gasteiger partial charge in [0.05, 0.1) is 13.2 Å². The lowest BCUT2D eigenvalue weighted by Gasteiger charge is -2.33. The molecule has 0 aromatic heterocycles. The first-order valence-corrected chi connectivity index (χ1v) is 8.23. The molecule has 0 saturated carbocycles. The van der Waals surface area contributed by atoms with Gasteiger partial charge in [0.25, 0.3) is 0 Å². The molecule has 128 valence electrons. The maximum atomic E-state index is 10.2. The van der Waals surface area contributed by atoms with Crippen LogP contribution in [0.1, 0.15) is 19.4 Å². The van der Waals surface area contributed by atoms with E-state index < -0.39 is 6.10 Å². The number of nitrogens with one attached hydrogen (secondary N) is 1. The summed E-state index contributed by atoms with van der Waals surface area (Å²) in [6.45, 7) is 7.79. The highest BCUT2D eigenvalue weighted by Gasteiger charge is 2.27. The van der Waals surface area contributed by atoms with Gasteiger partial charge in [-0.1, -0.05) is 6.07 Å². The smallest absolute Gasteiger partial charge is 0.231 e. The summed E-state index contributed by atoms with van der Waals surface area (Å²) in [4.78, 5) is 1.37. The number of fused-ring (bicyclic) bond motifs is 1. The van der Waals surface area contributed by atoms with E-state index in [9.17, 15) is 5.11 Å². The van der Waals surface area contributed by atoms with Gasteiger partial charge in [0.1, 0.15) is 37.9 Å². The van der Waals surface area contributed by atoms with Crippen LogP contribution in [0.25, 0.3) is 0 Å². The first kappa shape index (κ1) is 16.5. The summed E-state index contributed by atoms with van der Waals surface area (Å²) >= 11 is 0. The SMILES string of the molecule is C[C@H]1C[NH+](C[C@H](O)COCc2ccc3c(c2)OCO3)C[C@H](C)O1. The molecular formula is C17H26NO5+. The Kier molecular flexibility index (Phi) is 5.38. The molecule has 1 fully saturated rings. The summed E-state index contributed by atoms with van der Waals surface area (Å²) in [5, 5.41) is 10.2. The van der Waals surface area contributed by atoms with Crippen LogP contribution in [0.4, 0.5) is 0 Å². The van der Waals surface area contributed by atoms with Crippen LogP contribution in [-0.2, 0) is 16.1 Å². The number of ether oxygens (including phenoxy) is 4. The van der Waals surface area contributed by atoms with Crippen molar-refractivity contribution in [2.75, 3.05) is 33.0 Å². The number of benzene rings is 1. The minimum absolute atomic E-state index is 0.246. The van der Waals surface area contributed by atoms with E-state index in [-0.39, 0.29) is 19.0 Å². The van der Waals surface area contributed by atoms with Crippen LogP contribution in [0.5, 0.6) is 11.5 Å². The van der Waals surface area contributed by atoms with Gasteiger partial charge in [-0.25, -0.2) is 0 Å². The Labute approximate surface area is 136 Å². The van der Waals surface area contributed by atoms with Crippen molar-refractivity contribution in [3.05, 3.63) is 23.8 Å². The first-order chi connectivity index (χ1) is 11.1. The third-order valence-corrected chi connectivity index (χ3v) is 4.16. The third kappa shape index (κ3) is 4.57. The number of hydrogen-bond donors (Lipinski definition) is 2. The lowest BCUT2D eigenvalue weighted by atomic mass is 10.2. The predicted molar refractivity (Wildman–Crippen MR) is 83.8 cm³/mol. The van der Waals surface area contributed by atoms with Crippen molar-refractivity contribution < 1.29 is 29.0 Å². The Balaban J connectivity index is 1.40. The number of aliphatic hydroxyl groups excluding tert-OH is 1. The van der Waals surface area contributed by atoms with Crippen molar-refractivity contribution in [2.24, 2.45) is 0 Å². The van der Waals surface area contributed by atoms with E-state index in [1.54, 1.807) is 0 Å². The maximum Gasteiger partial charge on any atom is 0.231 e. The van der Waals surface area contributed by atoms with Crippen LogP contribution in [0.3, 0.4) is 0 Å². The molecule has 2 N–H and O–H groups in total. The molecule has 0 bridgehead atoms. The highest BCUT2D eigenvalue weighted by molar-refractivity contribution is 5.44. The summed E-state index contributed by atoms with van der Waals surface area (Å²) in [5.41, 5.74) is 1.02. The molecule has 2 aliphatic heterocycles. The molecule has 2 heterocycles. The van der Waals surface area contributed by atoms with Crippen molar-refractivity contribution in [2.45, 2.75) is 38.8 Å². The topological polar surface area (TPSA) is 61.6 Å². The molecule has 6 heteroatoms. The molecule has 1 aromatic rings. The first-order valence-electron chi connectivity index (χ1n) is 8.23. The van der Waals surface area contributed by atoms with Crippen LogP contribution in [0.15, 0.2) is 18.2 Å². The molecule has 3 atom stereocenters. The Hall–Kier alpha value is -1.34. The standard InChI is InChI=1S/C17H25NO5/c1-12-6-18(7-13(2)23-12)8-15(19)10-20-9-14-3-4-16-17(5-14)22-11-21-16/h3-5,12-13,15,19H,6-11H2,1-2H3/p+1/t12-,13-,15-/m0/s1. The number of hydrogen-bond acceptors (Lipinski definition) is 5. The fourth-order valence-electron chi connectivity index (χ4n) is 3.29. The molecule has 0 radical (unpaired) electrons. The van der Waals surface area contributed by atoms with Gasteiger partial charge in [0, 0.05) is 0 Å². The van der Waals surface area contributed by atoms with Crippen LogP contribution in [0, 0.1) is 0 Å². The largest absolute Gasteiger partial charge is 0.454 e. The molecule has 3 rings (SSSR count). The van der Waals surface area contributed by atoms with Crippen molar-refractivity contribution in [1.29, 1.82) is 0 Å². The third-order valence-electron chi connectivity index (χ3n) is 4.16. The minimum Gasteiger partial charge on any atom is -0.454 e. The molecular weight excluding hydrogens is 298 g/mol. The number of aliphatic hydroxyl groups is 1. The average Bonchev–Trinajstić information content (AvgIpc) is 2.93. The van der Waals surface area contributed by atoms with Gasteiger partial charge in [-0.2, -0.15) is 0 Å². The molecule has 0 aliphatic carbocycles. The zero-order valence-corrected chi connectivity index (χ0v) is 13.8. The van der Waals surface area contributed by atoms with Crippen LogP contribution >= 0.6 is 0 Å². The normalized spacial score (nSPS) is 27.9. The van der Waals surface area contributed by atoms with Crippen LogP contribution in [-0.4, -0.2) is 56.5 Å². The lowest BCUT2D eigenvalue weighted by molar-refractivity contribution is -0.918.